The Kier molecular flexibility index (Phi) is 4.55. The van der Waals surface area contributed by atoms with Gasteiger partial charge in [0.2, 0.25) is 5.16 Å². The van der Waals surface area contributed by atoms with Crippen LogP contribution in [0.2, 0.25) is 5.02 Å². The Morgan fingerprint density at radius 1 is 1.12 bits per heavy atom. The summed E-state index contributed by atoms with van der Waals surface area (Å²) in [6.07, 6.45) is 3.37. The normalized spacial score (nSPS) is 13.0. The summed E-state index contributed by atoms with van der Waals surface area (Å²) in [4.78, 5) is 12.5. The molecule has 5 nitrogen and oxygen atoms in total. The van der Waals surface area contributed by atoms with E-state index in [2.05, 4.69) is 21.6 Å². The highest BCUT2D eigenvalue weighted by atomic mass is 35.5. The molecule has 0 aliphatic heterocycles. The summed E-state index contributed by atoms with van der Waals surface area (Å²) in [6, 6.07) is 13.3. The minimum Gasteiger partial charge on any atom is -0.293 e. The van der Waals surface area contributed by atoms with Crippen molar-refractivity contribution >= 4 is 29.1 Å². The Morgan fingerprint density at radius 3 is 2.76 bits per heavy atom. The van der Waals surface area contributed by atoms with Crippen molar-refractivity contribution < 1.29 is 4.79 Å². The van der Waals surface area contributed by atoms with Gasteiger partial charge in [0.05, 0.1) is 11.4 Å². The molecule has 0 unspecified atom stereocenters. The van der Waals surface area contributed by atoms with E-state index < -0.39 is 0 Å². The second-order valence-corrected chi connectivity index (χ2v) is 7.28. The zero-order chi connectivity index (χ0) is 17.2. The minimum atomic E-state index is 0.0883. The Balaban J connectivity index is 1.48. The van der Waals surface area contributed by atoms with Crippen molar-refractivity contribution in [1.29, 1.82) is 0 Å². The molecule has 0 spiro atoms. The summed E-state index contributed by atoms with van der Waals surface area (Å²) in [5.41, 5.74) is 4.25. The molecule has 0 bridgehead atoms. The van der Waals surface area contributed by atoms with Crippen LogP contribution < -0.4 is 0 Å². The lowest BCUT2D eigenvalue weighted by Gasteiger charge is -2.05. The predicted molar refractivity (Wildman–Crippen MR) is 97.7 cm³/mol. The fourth-order valence-electron chi connectivity index (χ4n) is 2.97. The third-order valence-electron chi connectivity index (χ3n) is 4.26. The second-order valence-electron chi connectivity index (χ2n) is 5.90. The molecule has 1 aliphatic carbocycles. The first-order valence-electron chi connectivity index (χ1n) is 8.03. The quantitative estimate of drug-likeness (QED) is 0.505. The Morgan fingerprint density at radius 2 is 1.92 bits per heavy atom. The minimum absolute atomic E-state index is 0.0883. The van der Waals surface area contributed by atoms with Crippen LogP contribution >= 0.6 is 23.4 Å². The number of Topliss-reactive ketones (excluding diaryl/α,β-unsaturated/α-hetero) is 1. The average molecular weight is 371 g/mol. The fraction of sp³-hybridized carbons (Fsp3) is 0.222. The molecule has 0 N–H and O–H groups in total. The van der Waals surface area contributed by atoms with Gasteiger partial charge >= 0.3 is 0 Å². The van der Waals surface area contributed by atoms with Crippen molar-refractivity contribution in [2.24, 2.45) is 0 Å². The van der Waals surface area contributed by atoms with Gasteiger partial charge in [0.25, 0.3) is 0 Å². The van der Waals surface area contributed by atoms with Crippen LogP contribution in [0, 0.1) is 0 Å². The van der Waals surface area contributed by atoms with Gasteiger partial charge in [-0.1, -0.05) is 35.5 Å². The zero-order valence-corrected chi connectivity index (χ0v) is 14.9. The van der Waals surface area contributed by atoms with Crippen molar-refractivity contribution in [3.05, 3.63) is 64.2 Å². The second kappa shape index (κ2) is 6.98. The molecule has 25 heavy (non-hydrogen) atoms. The highest BCUT2D eigenvalue weighted by Gasteiger charge is 2.16. The molecule has 126 valence electrons. The lowest BCUT2D eigenvalue weighted by molar-refractivity contribution is 0.102. The van der Waals surface area contributed by atoms with E-state index in [1.807, 2.05) is 24.3 Å². The van der Waals surface area contributed by atoms with Gasteiger partial charge in [0.15, 0.2) is 5.78 Å². The summed E-state index contributed by atoms with van der Waals surface area (Å²) in [6.45, 7) is 0. The number of carbonyl (C=O) groups is 1. The highest BCUT2D eigenvalue weighted by molar-refractivity contribution is 7.99. The first-order chi connectivity index (χ1) is 12.2. The molecule has 0 atom stereocenters. The summed E-state index contributed by atoms with van der Waals surface area (Å²) >= 11 is 7.25. The number of fused-ring (bicyclic) bond motifs is 1. The maximum absolute atomic E-state index is 12.5. The molecule has 0 saturated carbocycles. The van der Waals surface area contributed by atoms with Crippen LogP contribution in [0.5, 0.6) is 0 Å². The molecule has 7 heteroatoms. The van der Waals surface area contributed by atoms with Crippen LogP contribution in [0.4, 0.5) is 0 Å². The lowest BCUT2D eigenvalue weighted by atomic mass is 10.0. The van der Waals surface area contributed by atoms with E-state index >= 15 is 0 Å². The maximum Gasteiger partial charge on any atom is 0.214 e. The van der Waals surface area contributed by atoms with Crippen molar-refractivity contribution in [3.63, 3.8) is 0 Å². The lowest BCUT2D eigenvalue weighted by Crippen LogP contribution is -2.05. The van der Waals surface area contributed by atoms with E-state index in [0.717, 1.165) is 24.1 Å². The van der Waals surface area contributed by atoms with Crippen LogP contribution in [-0.4, -0.2) is 31.7 Å². The molecule has 2 aromatic carbocycles. The predicted octanol–water partition coefficient (Wildman–Crippen LogP) is 3.78. The first kappa shape index (κ1) is 16.3. The number of halogens is 1. The van der Waals surface area contributed by atoms with E-state index in [1.54, 1.807) is 16.8 Å². The number of ketones is 1. The number of aryl methyl sites for hydroxylation is 2. The summed E-state index contributed by atoms with van der Waals surface area (Å²) in [7, 11) is 0. The maximum atomic E-state index is 12.5. The van der Waals surface area contributed by atoms with Gasteiger partial charge in [-0.25, -0.2) is 0 Å². The third-order valence-corrected chi connectivity index (χ3v) is 5.44. The van der Waals surface area contributed by atoms with E-state index in [1.165, 1.54) is 29.3 Å². The van der Waals surface area contributed by atoms with Gasteiger partial charge in [0.1, 0.15) is 0 Å². The number of tetrazole rings is 1. The fourth-order valence-corrected chi connectivity index (χ4v) is 3.88. The average Bonchev–Trinajstić information content (AvgIpc) is 3.28. The van der Waals surface area contributed by atoms with E-state index in [0.29, 0.717) is 15.9 Å². The molecule has 3 aromatic rings. The van der Waals surface area contributed by atoms with Gasteiger partial charge in [-0.3, -0.25) is 4.79 Å². The van der Waals surface area contributed by atoms with Gasteiger partial charge in [-0.15, -0.1) is 5.10 Å². The number of carbonyl (C=O) groups excluding carboxylic acids is 1. The molecule has 4 rings (SSSR count). The molecule has 1 heterocycles. The van der Waals surface area contributed by atoms with Gasteiger partial charge < -0.3 is 0 Å². The molecule has 1 aromatic heterocycles. The number of hydrogen-bond donors (Lipinski definition) is 0. The Bertz CT molecular complexity index is 923. The molecule has 1 aliphatic rings. The van der Waals surface area contributed by atoms with E-state index in [4.69, 9.17) is 11.6 Å². The summed E-state index contributed by atoms with van der Waals surface area (Å²) in [5, 5.41) is 13.0. The van der Waals surface area contributed by atoms with Crippen LogP contribution in [0.15, 0.2) is 47.6 Å². The Labute approximate surface area is 154 Å². The van der Waals surface area contributed by atoms with Crippen molar-refractivity contribution in [3.8, 4) is 5.69 Å². The van der Waals surface area contributed by atoms with Crippen molar-refractivity contribution in [1.82, 2.24) is 20.2 Å². The summed E-state index contributed by atoms with van der Waals surface area (Å²) < 4.78 is 1.61. The number of aromatic nitrogens is 4. The first-order valence-corrected chi connectivity index (χ1v) is 9.39. The van der Waals surface area contributed by atoms with E-state index in [9.17, 15) is 4.79 Å². The van der Waals surface area contributed by atoms with Crippen LogP contribution in [-0.2, 0) is 12.8 Å². The molecular weight excluding hydrogens is 356 g/mol. The molecule has 0 amide bonds. The number of thioether (sulfide) groups is 1. The molecule has 0 fully saturated rings. The molecular formula is C18H15ClN4OS. The number of benzene rings is 2. The SMILES string of the molecule is O=C(CSc1nnnn1-c1ccc(Cl)cc1)c1ccc2c(c1)CCC2. The largest absolute Gasteiger partial charge is 0.293 e. The van der Waals surface area contributed by atoms with Crippen molar-refractivity contribution in [2.45, 2.75) is 24.4 Å². The molecule has 0 saturated heterocycles. The topological polar surface area (TPSA) is 60.7 Å². The standard InChI is InChI=1S/C18H15ClN4OS/c19-15-6-8-16(9-7-15)23-18(20-21-22-23)25-11-17(24)14-5-4-12-2-1-3-13(12)10-14/h4-10H,1-3,11H2. The highest BCUT2D eigenvalue weighted by Crippen LogP contribution is 2.25. The van der Waals surface area contributed by atoms with Crippen LogP contribution in [0.1, 0.15) is 27.9 Å². The number of rotatable bonds is 5. The molecule has 0 radical (unpaired) electrons. The van der Waals surface area contributed by atoms with Gasteiger partial charge in [-0.05, 0) is 71.1 Å². The van der Waals surface area contributed by atoms with E-state index in [-0.39, 0.29) is 5.78 Å². The summed E-state index contributed by atoms with van der Waals surface area (Å²) in [5.74, 6) is 0.387. The van der Waals surface area contributed by atoms with Crippen LogP contribution in [0.25, 0.3) is 5.69 Å². The zero-order valence-electron chi connectivity index (χ0n) is 13.4. The number of hydrogen-bond acceptors (Lipinski definition) is 5. The monoisotopic (exact) mass is 370 g/mol. The Hall–Kier alpha value is -2.18. The third kappa shape index (κ3) is 3.45. The smallest absolute Gasteiger partial charge is 0.214 e. The van der Waals surface area contributed by atoms with Gasteiger partial charge in [0, 0.05) is 10.6 Å². The van der Waals surface area contributed by atoms with Crippen LogP contribution in [0.3, 0.4) is 0 Å². The number of nitrogens with zero attached hydrogens (tertiary/aromatic N) is 4. The van der Waals surface area contributed by atoms with Gasteiger partial charge in [-0.2, -0.15) is 4.68 Å². The van der Waals surface area contributed by atoms with Crippen molar-refractivity contribution in [2.75, 3.05) is 5.75 Å².